The second kappa shape index (κ2) is 11.5. The summed E-state index contributed by atoms with van der Waals surface area (Å²) in [5.41, 5.74) is 0.246. The topological polar surface area (TPSA) is 85.8 Å². The van der Waals surface area contributed by atoms with E-state index in [1.54, 1.807) is 6.92 Å². The van der Waals surface area contributed by atoms with Crippen molar-refractivity contribution in [3.8, 4) is 0 Å². The highest BCUT2D eigenvalue weighted by Crippen LogP contribution is 2.20. The minimum Gasteiger partial charge on any atom is -0.357 e. The zero-order valence-corrected chi connectivity index (χ0v) is 19.6. The SMILES string of the molecule is CCNC(=NCc1cccc(Cl)c1)NCCCN1C(=O)NC(C)(CC)C1=O.I. The summed E-state index contributed by atoms with van der Waals surface area (Å²) in [5.74, 6) is 0.532. The molecule has 1 saturated heterocycles. The second-order valence-electron chi connectivity index (χ2n) is 6.68. The van der Waals surface area contributed by atoms with Crippen molar-refractivity contribution in [1.82, 2.24) is 20.9 Å². The number of nitrogens with zero attached hydrogens (tertiary/aromatic N) is 2. The summed E-state index contributed by atoms with van der Waals surface area (Å²) in [7, 11) is 0. The summed E-state index contributed by atoms with van der Waals surface area (Å²) in [4.78, 5) is 30.2. The molecule has 1 fully saturated rings. The fraction of sp³-hybridized carbons (Fsp3) is 0.526. The van der Waals surface area contributed by atoms with Crippen LogP contribution in [0, 0.1) is 0 Å². The van der Waals surface area contributed by atoms with Crippen molar-refractivity contribution in [3.63, 3.8) is 0 Å². The van der Waals surface area contributed by atoms with E-state index in [9.17, 15) is 9.59 Å². The molecule has 1 atom stereocenters. The molecule has 0 saturated carbocycles. The monoisotopic (exact) mass is 521 g/mol. The van der Waals surface area contributed by atoms with Gasteiger partial charge in [0.1, 0.15) is 5.54 Å². The molecule has 2 rings (SSSR count). The number of aliphatic imine (C=N–C) groups is 1. The lowest BCUT2D eigenvalue weighted by molar-refractivity contribution is -0.130. The highest BCUT2D eigenvalue weighted by molar-refractivity contribution is 14.0. The molecule has 1 aromatic rings. The quantitative estimate of drug-likeness (QED) is 0.161. The fourth-order valence-corrected chi connectivity index (χ4v) is 2.99. The lowest BCUT2D eigenvalue weighted by Crippen LogP contribution is -2.43. The lowest BCUT2D eigenvalue weighted by Gasteiger charge is -2.19. The molecule has 0 aromatic heterocycles. The third kappa shape index (κ3) is 6.51. The van der Waals surface area contributed by atoms with Gasteiger partial charge in [-0.25, -0.2) is 9.79 Å². The van der Waals surface area contributed by atoms with E-state index in [4.69, 9.17) is 11.6 Å². The minimum atomic E-state index is -0.780. The van der Waals surface area contributed by atoms with Crippen LogP contribution < -0.4 is 16.0 Å². The fourth-order valence-electron chi connectivity index (χ4n) is 2.78. The Kier molecular flexibility index (Phi) is 10.0. The Hall–Kier alpha value is -1.55. The molecule has 3 N–H and O–H groups in total. The van der Waals surface area contributed by atoms with Crippen LogP contribution in [0.4, 0.5) is 4.79 Å². The molecule has 0 aliphatic carbocycles. The molecule has 0 radical (unpaired) electrons. The maximum Gasteiger partial charge on any atom is 0.325 e. The third-order valence-electron chi connectivity index (χ3n) is 4.56. The predicted octanol–water partition coefficient (Wildman–Crippen LogP) is 3.12. The van der Waals surface area contributed by atoms with Gasteiger partial charge in [0.05, 0.1) is 6.54 Å². The van der Waals surface area contributed by atoms with Gasteiger partial charge >= 0.3 is 6.03 Å². The van der Waals surface area contributed by atoms with Gasteiger partial charge in [0, 0.05) is 24.7 Å². The molecule has 1 heterocycles. The number of halogens is 2. The van der Waals surface area contributed by atoms with Gasteiger partial charge < -0.3 is 16.0 Å². The van der Waals surface area contributed by atoms with Gasteiger partial charge in [-0.3, -0.25) is 9.69 Å². The van der Waals surface area contributed by atoms with Crippen LogP contribution in [0.5, 0.6) is 0 Å². The molecule has 1 aliphatic heterocycles. The van der Waals surface area contributed by atoms with Gasteiger partial charge in [-0.2, -0.15) is 0 Å². The normalized spacial score (nSPS) is 19.3. The molecule has 1 unspecified atom stereocenters. The van der Waals surface area contributed by atoms with Crippen LogP contribution in [0.2, 0.25) is 5.02 Å². The standard InChI is InChI=1S/C19H28ClN5O2.HI/c1-4-19(3)16(26)25(18(27)24-19)11-7-10-22-17(21-5-2)23-13-14-8-6-9-15(20)12-14;/h6,8-9,12H,4-5,7,10-11,13H2,1-3H3,(H,24,27)(H2,21,22,23);1H. The summed E-state index contributed by atoms with van der Waals surface area (Å²) in [6, 6.07) is 7.27. The zero-order chi connectivity index (χ0) is 19.9. The summed E-state index contributed by atoms with van der Waals surface area (Å²) in [6.07, 6.45) is 1.22. The molecule has 7 nitrogen and oxygen atoms in total. The van der Waals surface area contributed by atoms with E-state index in [0.29, 0.717) is 43.5 Å². The molecule has 28 heavy (non-hydrogen) atoms. The van der Waals surface area contributed by atoms with Crippen LogP contribution in [0.15, 0.2) is 29.3 Å². The van der Waals surface area contributed by atoms with Crippen LogP contribution in [0.3, 0.4) is 0 Å². The first kappa shape index (κ1) is 24.5. The predicted molar refractivity (Wildman–Crippen MR) is 123 cm³/mol. The molecule has 0 spiro atoms. The highest BCUT2D eigenvalue weighted by atomic mass is 127. The Labute approximate surface area is 188 Å². The van der Waals surface area contributed by atoms with Crippen LogP contribution in [-0.2, 0) is 11.3 Å². The Morgan fingerprint density at radius 1 is 1.29 bits per heavy atom. The first-order chi connectivity index (χ1) is 12.9. The smallest absolute Gasteiger partial charge is 0.325 e. The van der Waals surface area contributed by atoms with E-state index in [2.05, 4.69) is 20.9 Å². The third-order valence-corrected chi connectivity index (χ3v) is 4.79. The van der Waals surface area contributed by atoms with Crippen molar-refractivity contribution in [3.05, 3.63) is 34.9 Å². The van der Waals surface area contributed by atoms with Gasteiger partial charge in [-0.1, -0.05) is 30.7 Å². The molecule has 1 aromatic carbocycles. The van der Waals surface area contributed by atoms with Crippen molar-refractivity contribution < 1.29 is 9.59 Å². The Balaban J connectivity index is 0.00000392. The summed E-state index contributed by atoms with van der Waals surface area (Å²) >= 11 is 6.00. The average molecular weight is 522 g/mol. The molecular weight excluding hydrogens is 493 g/mol. The maximum atomic E-state index is 12.4. The molecule has 156 valence electrons. The van der Waals surface area contributed by atoms with E-state index in [1.807, 2.05) is 38.1 Å². The number of amides is 3. The summed E-state index contributed by atoms with van der Waals surface area (Å²) < 4.78 is 0. The van der Waals surface area contributed by atoms with Gasteiger partial charge in [0.25, 0.3) is 5.91 Å². The lowest BCUT2D eigenvalue weighted by atomic mass is 9.99. The number of guanidine groups is 1. The molecule has 9 heteroatoms. The number of rotatable bonds is 8. The Morgan fingerprint density at radius 3 is 2.64 bits per heavy atom. The van der Waals surface area contributed by atoms with Crippen LogP contribution in [0.1, 0.15) is 39.2 Å². The van der Waals surface area contributed by atoms with Crippen molar-refractivity contribution in [1.29, 1.82) is 0 Å². The van der Waals surface area contributed by atoms with Crippen LogP contribution >= 0.6 is 35.6 Å². The number of hydrogen-bond acceptors (Lipinski definition) is 3. The Morgan fingerprint density at radius 2 is 2.04 bits per heavy atom. The average Bonchev–Trinajstić information content (AvgIpc) is 2.86. The van der Waals surface area contributed by atoms with Crippen LogP contribution in [-0.4, -0.2) is 48.0 Å². The van der Waals surface area contributed by atoms with Crippen molar-refractivity contribution >= 4 is 53.5 Å². The van der Waals surface area contributed by atoms with Gasteiger partial charge in [0.2, 0.25) is 0 Å². The molecule has 0 bridgehead atoms. The molecular formula is C19H29ClIN5O2. The number of hydrogen-bond donors (Lipinski definition) is 3. The minimum absolute atomic E-state index is 0. The number of urea groups is 1. The summed E-state index contributed by atoms with van der Waals surface area (Å²) in [6.45, 7) is 7.87. The van der Waals surface area contributed by atoms with Gasteiger partial charge in [-0.15, -0.1) is 24.0 Å². The molecule has 3 amide bonds. The van der Waals surface area contributed by atoms with Crippen molar-refractivity contribution in [2.24, 2.45) is 4.99 Å². The highest BCUT2D eigenvalue weighted by Gasteiger charge is 2.45. The van der Waals surface area contributed by atoms with E-state index in [0.717, 1.165) is 12.1 Å². The van der Waals surface area contributed by atoms with Crippen molar-refractivity contribution in [2.45, 2.75) is 45.7 Å². The van der Waals surface area contributed by atoms with Gasteiger partial charge in [0.15, 0.2) is 5.96 Å². The van der Waals surface area contributed by atoms with Crippen molar-refractivity contribution in [2.75, 3.05) is 19.6 Å². The number of imide groups is 1. The van der Waals surface area contributed by atoms with Crippen LogP contribution in [0.25, 0.3) is 0 Å². The van der Waals surface area contributed by atoms with E-state index < -0.39 is 5.54 Å². The Bertz CT molecular complexity index is 715. The van der Waals surface area contributed by atoms with E-state index in [1.165, 1.54) is 4.90 Å². The number of carbonyl (C=O) groups excluding carboxylic acids is 2. The zero-order valence-electron chi connectivity index (χ0n) is 16.5. The number of carbonyl (C=O) groups is 2. The largest absolute Gasteiger partial charge is 0.357 e. The molecule has 1 aliphatic rings. The van der Waals surface area contributed by atoms with Gasteiger partial charge in [-0.05, 0) is 44.4 Å². The maximum absolute atomic E-state index is 12.4. The second-order valence-corrected chi connectivity index (χ2v) is 7.11. The first-order valence-corrected chi connectivity index (χ1v) is 9.68. The first-order valence-electron chi connectivity index (χ1n) is 9.30. The van der Waals surface area contributed by atoms with E-state index >= 15 is 0 Å². The van der Waals surface area contributed by atoms with E-state index in [-0.39, 0.29) is 35.9 Å². The number of nitrogens with one attached hydrogen (secondary N) is 3. The summed E-state index contributed by atoms with van der Waals surface area (Å²) in [5, 5.41) is 9.86. The number of benzene rings is 1.